The third kappa shape index (κ3) is 2.11. The number of rotatable bonds is 3. The van der Waals surface area contributed by atoms with E-state index in [0.717, 1.165) is 18.5 Å². The number of aromatic hydroxyl groups is 1. The molecule has 0 aromatic carbocycles. The second-order valence-electron chi connectivity index (χ2n) is 3.04. The summed E-state index contributed by atoms with van der Waals surface area (Å²) in [7, 11) is 0. The van der Waals surface area contributed by atoms with E-state index in [9.17, 15) is 9.90 Å². The van der Waals surface area contributed by atoms with Crippen molar-refractivity contribution in [3.8, 4) is 5.75 Å². The predicted molar refractivity (Wildman–Crippen MR) is 52.0 cm³/mol. The van der Waals surface area contributed by atoms with Gasteiger partial charge in [0.25, 0.3) is 5.56 Å². The molecule has 1 aromatic rings. The van der Waals surface area contributed by atoms with Gasteiger partial charge in [-0.2, -0.15) is 0 Å². The summed E-state index contributed by atoms with van der Waals surface area (Å²) in [5.74, 6) is 0.0677. The summed E-state index contributed by atoms with van der Waals surface area (Å²) < 4.78 is 1.68. The van der Waals surface area contributed by atoms with Gasteiger partial charge in [-0.1, -0.05) is 13.3 Å². The van der Waals surface area contributed by atoms with Crippen LogP contribution < -0.4 is 5.56 Å². The SMILES string of the molecule is CCCc1cc(O)cc(=O)n1CC. The fourth-order valence-corrected chi connectivity index (χ4v) is 1.46. The Kier molecular flexibility index (Phi) is 3.12. The minimum Gasteiger partial charge on any atom is -0.508 e. The van der Waals surface area contributed by atoms with Gasteiger partial charge in [-0.25, -0.2) is 0 Å². The summed E-state index contributed by atoms with van der Waals surface area (Å²) >= 11 is 0. The Morgan fingerprint density at radius 1 is 1.38 bits per heavy atom. The van der Waals surface area contributed by atoms with Crippen LogP contribution in [0, 0.1) is 0 Å². The van der Waals surface area contributed by atoms with Crippen molar-refractivity contribution < 1.29 is 5.11 Å². The lowest BCUT2D eigenvalue weighted by Crippen LogP contribution is -2.21. The van der Waals surface area contributed by atoms with Gasteiger partial charge in [0.2, 0.25) is 0 Å². The lowest BCUT2D eigenvalue weighted by Gasteiger charge is -2.09. The number of nitrogens with zero attached hydrogens (tertiary/aromatic N) is 1. The van der Waals surface area contributed by atoms with Gasteiger partial charge < -0.3 is 9.67 Å². The van der Waals surface area contributed by atoms with Crippen LogP contribution in [0.2, 0.25) is 0 Å². The molecule has 0 atom stereocenters. The molecule has 0 bridgehead atoms. The van der Waals surface area contributed by atoms with E-state index in [-0.39, 0.29) is 11.3 Å². The molecule has 1 N–H and O–H groups in total. The maximum Gasteiger partial charge on any atom is 0.254 e. The number of aromatic nitrogens is 1. The molecule has 0 spiro atoms. The number of pyridine rings is 1. The third-order valence-corrected chi connectivity index (χ3v) is 2.02. The van der Waals surface area contributed by atoms with Crippen LogP contribution in [0.25, 0.3) is 0 Å². The van der Waals surface area contributed by atoms with Gasteiger partial charge in [-0.15, -0.1) is 0 Å². The van der Waals surface area contributed by atoms with E-state index in [4.69, 9.17) is 0 Å². The van der Waals surface area contributed by atoms with Crippen LogP contribution in [0.15, 0.2) is 16.9 Å². The van der Waals surface area contributed by atoms with Gasteiger partial charge >= 0.3 is 0 Å². The highest BCUT2D eigenvalue weighted by atomic mass is 16.3. The maximum absolute atomic E-state index is 11.4. The molecule has 0 radical (unpaired) electrons. The average molecular weight is 181 g/mol. The van der Waals surface area contributed by atoms with Crippen LogP contribution >= 0.6 is 0 Å². The summed E-state index contributed by atoms with van der Waals surface area (Å²) in [6.45, 7) is 4.64. The molecule has 0 aliphatic carbocycles. The molecule has 1 rings (SSSR count). The summed E-state index contributed by atoms with van der Waals surface area (Å²) in [5, 5.41) is 9.23. The zero-order valence-electron chi connectivity index (χ0n) is 8.08. The lowest BCUT2D eigenvalue weighted by atomic mass is 10.2. The zero-order chi connectivity index (χ0) is 9.84. The van der Waals surface area contributed by atoms with Gasteiger partial charge in [0.05, 0.1) is 0 Å². The number of hydrogen-bond acceptors (Lipinski definition) is 2. The van der Waals surface area contributed by atoms with E-state index in [1.54, 1.807) is 10.6 Å². The summed E-state index contributed by atoms with van der Waals surface area (Å²) in [5.41, 5.74) is 0.793. The van der Waals surface area contributed by atoms with Crippen molar-refractivity contribution in [3.05, 3.63) is 28.2 Å². The third-order valence-electron chi connectivity index (χ3n) is 2.02. The zero-order valence-corrected chi connectivity index (χ0v) is 8.08. The molecule has 0 amide bonds. The van der Waals surface area contributed by atoms with Crippen molar-refractivity contribution in [3.63, 3.8) is 0 Å². The van der Waals surface area contributed by atoms with Crippen molar-refractivity contribution >= 4 is 0 Å². The molecule has 0 saturated heterocycles. The van der Waals surface area contributed by atoms with E-state index in [2.05, 4.69) is 6.92 Å². The Bertz CT molecular complexity index is 341. The normalized spacial score (nSPS) is 10.3. The average Bonchev–Trinajstić information content (AvgIpc) is 2.04. The topological polar surface area (TPSA) is 42.2 Å². The standard InChI is InChI=1S/C10H15NO2/c1-3-5-8-6-9(12)7-10(13)11(8)4-2/h6-7,12H,3-5H2,1-2H3. The molecule has 72 valence electrons. The van der Waals surface area contributed by atoms with Crippen molar-refractivity contribution in [1.82, 2.24) is 4.57 Å². The van der Waals surface area contributed by atoms with Gasteiger partial charge in [0.1, 0.15) is 5.75 Å². The molecule has 0 aliphatic heterocycles. The fraction of sp³-hybridized carbons (Fsp3) is 0.500. The van der Waals surface area contributed by atoms with E-state index >= 15 is 0 Å². The van der Waals surface area contributed by atoms with Crippen molar-refractivity contribution in [2.75, 3.05) is 0 Å². The van der Waals surface area contributed by atoms with Crippen LogP contribution in [0.4, 0.5) is 0 Å². The molecule has 0 saturated carbocycles. The highest BCUT2D eigenvalue weighted by molar-refractivity contribution is 5.22. The summed E-state index contributed by atoms with van der Waals surface area (Å²) in [4.78, 5) is 11.4. The minimum atomic E-state index is -0.119. The van der Waals surface area contributed by atoms with Crippen LogP contribution in [0.1, 0.15) is 26.0 Å². The molecule has 0 aliphatic rings. The Morgan fingerprint density at radius 3 is 2.62 bits per heavy atom. The van der Waals surface area contributed by atoms with Gasteiger partial charge in [0, 0.05) is 18.3 Å². The van der Waals surface area contributed by atoms with Gasteiger partial charge in [0.15, 0.2) is 0 Å². The molecular weight excluding hydrogens is 166 g/mol. The maximum atomic E-state index is 11.4. The smallest absolute Gasteiger partial charge is 0.254 e. The van der Waals surface area contributed by atoms with E-state index < -0.39 is 0 Å². The Morgan fingerprint density at radius 2 is 2.08 bits per heavy atom. The Labute approximate surface area is 77.6 Å². The lowest BCUT2D eigenvalue weighted by molar-refractivity contribution is 0.468. The Balaban J connectivity index is 3.21. The first-order valence-corrected chi connectivity index (χ1v) is 4.61. The molecule has 13 heavy (non-hydrogen) atoms. The molecule has 1 heterocycles. The van der Waals surface area contributed by atoms with E-state index in [0.29, 0.717) is 6.54 Å². The quantitative estimate of drug-likeness (QED) is 0.768. The first-order chi connectivity index (χ1) is 6.19. The predicted octanol–water partition coefficient (Wildman–Crippen LogP) is 1.53. The molecule has 0 fully saturated rings. The summed E-state index contributed by atoms with van der Waals surface area (Å²) in [6, 6.07) is 2.91. The van der Waals surface area contributed by atoms with Crippen LogP contribution in [0.3, 0.4) is 0 Å². The van der Waals surface area contributed by atoms with Gasteiger partial charge in [-0.05, 0) is 19.4 Å². The molecule has 3 heteroatoms. The van der Waals surface area contributed by atoms with E-state index in [1.807, 2.05) is 6.92 Å². The van der Waals surface area contributed by atoms with Crippen LogP contribution in [-0.4, -0.2) is 9.67 Å². The highest BCUT2D eigenvalue weighted by Gasteiger charge is 2.03. The van der Waals surface area contributed by atoms with E-state index in [1.165, 1.54) is 6.07 Å². The monoisotopic (exact) mass is 181 g/mol. The van der Waals surface area contributed by atoms with Crippen molar-refractivity contribution in [2.24, 2.45) is 0 Å². The molecule has 0 unspecified atom stereocenters. The van der Waals surface area contributed by atoms with Crippen LogP contribution in [0.5, 0.6) is 5.75 Å². The first kappa shape index (κ1) is 9.84. The molecular formula is C10H15NO2. The second-order valence-corrected chi connectivity index (χ2v) is 3.04. The van der Waals surface area contributed by atoms with Crippen molar-refractivity contribution in [2.45, 2.75) is 33.2 Å². The Hall–Kier alpha value is -1.25. The van der Waals surface area contributed by atoms with Crippen LogP contribution in [-0.2, 0) is 13.0 Å². The fourth-order valence-electron chi connectivity index (χ4n) is 1.46. The molecule has 1 aromatic heterocycles. The second kappa shape index (κ2) is 4.12. The summed E-state index contributed by atoms with van der Waals surface area (Å²) in [6.07, 6.45) is 1.81. The largest absolute Gasteiger partial charge is 0.508 e. The molecule has 3 nitrogen and oxygen atoms in total. The minimum absolute atomic E-state index is 0.0677. The van der Waals surface area contributed by atoms with Crippen molar-refractivity contribution in [1.29, 1.82) is 0 Å². The number of aryl methyl sites for hydroxylation is 1. The van der Waals surface area contributed by atoms with Gasteiger partial charge in [-0.3, -0.25) is 4.79 Å². The highest BCUT2D eigenvalue weighted by Crippen LogP contribution is 2.09. The first-order valence-electron chi connectivity index (χ1n) is 4.61. The number of hydrogen-bond donors (Lipinski definition) is 1.